The lowest BCUT2D eigenvalue weighted by atomic mass is 10.4. The summed E-state index contributed by atoms with van der Waals surface area (Å²) in [6.07, 6.45) is 2.50. The fourth-order valence-electron chi connectivity index (χ4n) is 1.08. The van der Waals surface area contributed by atoms with Gasteiger partial charge in [0.2, 0.25) is 0 Å². The van der Waals surface area contributed by atoms with Gasteiger partial charge in [-0.2, -0.15) is 0 Å². The van der Waals surface area contributed by atoms with Crippen molar-refractivity contribution in [2.45, 2.75) is 12.8 Å². The van der Waals surface area contributed by atoms with Crippen LogP contribution in [-0.2, 0) is 0 Å². The van der Waals surface area contributed by atoms with E-state index in [1.807, 2.05) is 0 Å². The molecule has 0 saturated carbocycles. The molecular weight excluding hydrogens is 119 g/mol. The molecule has 9 heavy (non-hydrogen) atoms. The number of hydrogen-bond acceptors (Lipinski definition) is 2. The number of hydrogen-bond donors (Lipinski definition) is 1. The molecule has 1 saturated heterocycles. The highest BCUT2D eigenvalue weighted by Gasteiger charge is 2.08. The third-order valence-electron chi connectivity index (χ3n) is 1.54. The van der Waals surface area contributed by atoms with Crippen molar-refractivity contribution in [2.75, 3.05) is 26.3 Å². The quantitative estimate of drug-likeness (QED) is 0.603. The van der Waals surface area contributed by atoms with E-state index in [9.17, 15) is 4.39 Å². The summed E-state index contributed by atoms with van der Waals surface area (Å²) >= 11 is 0. The van der Waals surface area contributed by atoms with Gasteiger partial charge in [-0.25, -0.2) is 9.40 Å². The predicted octanol–water partition coefficient (Wildman–Crippen LogP) is 0.556. The summed E-state index contributed by atoms with van der Waals surface area (Å²) in [7, 11) is 0. The van der Waals surface area contributed by atoms with Gasteiger partial charge >= 0.3 is 0 Å². The SMILES string of the molecule is FCCNN1CCCC1. The Hall–Kier alpha value is -0.150. The van der Waals surface area contributed by atoms with E-state index in [1.165, 1.54) is 12.8 Å². The standard InChI is InChI=1S/C6H13FN2/c7-3-4-8-9-5-1-2-6-9/h8H,1-6H2. The lowest BCUT2D eigenvalue weighted by Crippen LogP contribution is -2.36. The molecule has 0 unspecified atom stereocenters. The van der Waals surface area contributed by atoms with Gasteiger partial charge in [0.1, 0.15) is 6.67 Å². The monoisotopic (exact) mass is 132 g/mol. The van der Waals surface area contributed by atoms with Crippen LogP contribution in [0.3, 0.4) is 0 Å². The number of alkyl halides is 1. The minimum absolute atomic E-state index is 0.267. The predicted molar refractivity (Wildman–Crippen MR) is 34.8 cm³/mol. The second-order valence-electron chi connectivity index (χ2n) is 2.29. The first kappa shape index (κ1) is 6.96. The number of halogens is 1. The summed E-state index contributed by atoms with van der Waals surface area (Å²) in [4.78, 5) is 0. The lowest BCUT2D eigenvalue weighted by molar-refractivity contribution is 0.225. The topological polar surface area (TPSA) is 15.3 Å². The third-order valence-corrected chi connectivity index (χ3v) is 1.54. The van der Waals surface area contributed by atoms with Crippen molar-refractivity contribution in [3.05, 3.63) is 0 Å². The van der Waals surface area contributed by atoms with E-state index >= 15 is 0 Å². The van der Waals surface area contributed by atoms with Gasteiger partial charge < -0.3 is 0 Å². The number of nitrogens with one attached hydrogen (secondary N) is 1. The van der Waals surface area contributed by atoms with Crippen LogP contribution >= 0.6 is 0 Å². The van der Waals surface area contributed by atoms with Crippen molar-refractivity contribution in [1.29, 1.82) is 0 Å². The molecule has 0 aromatic heterocycles. The Morgan fingerprint density at radius 3 is 2.56 bits per heavy atom. The van der Waals surface area contributed by atoms with Crippen LogP contribution in [0, 0.1) is 0 Å². The Balaban J connectivity index is 1.98. The van der Waals surface area contributed by atoms with Crippen LogP contribution < -0.4 is 5.43 Å². The molecule has 1 heterocycles. The van der Waals surface area contributed by atoms with Gasteiger partial charge in [0.15, 0.2) is 0 Å². The van der Waals surface area contributed by atoms with Crippen LogP contribution in [0.4, 0.5) is 4.39 Å². The average Bonchev–Trinajstić information content (AvgIpc) is 2.34. The van der Waals surface area contributed by atoms with Gasteiger partial charge in [-0.05, 0) is 12.8 Å². The van der Waals surface area contributed by atoms with Gasteiger partial charge in [-0.1, -0.05) is 0 Å². The maximum Gasteiger partial charge on any atom is 0.103 e. The van der Waals surface area contributed by atoms with Crippen LogP contribution in [0.25, 0.3) is 0 Å². The van der Waals surface area contributed by atoms with Crippen LogP contribution in [0.1, 0.15) is 12.8 Å². The Bertz CT molecular complexity index is 71.5. The molecule has 1 fully saturated rings. The zero-order chi connectivity index (χ0) is 6.53. The van der Waals surface area contributed by atoms with Gasteiger partial charge in [0.05, 0.1) is 0 Å². The molecule has 54 valence electrons. The van der Waals surface area contributed by atoms with Gasteiger partial charge in [0, 0.05) is 19.6 Å². The van der Waals surface area contributed by atoms with E-state index in [2.05, 4.69) is 10.4 Å². The van der Waals surface area contributed by atoms with Crippen LogP contribution in [0.15, 0.2) is 0 Å². The molecule has 0 amide bonds. The van der Waals surface area contributed by atoms with E-state index in [-0.39, 0.29) is 6.67 Å². The van der Waals surface area contributed by atoms with Crippen LogP contribution in [0.2, 0.25) is 0 Å². The number of hydrazine groups is 1. The van der Waals surface area contributed by atoms with Crippen molar-refractivity contribution >= 4 is 0 Å². The van der Waals surface area contributed by atoms with Gasteiger partial charge in [0.25, 0.3) is 0 Å². The van der Waals surface area contributed by atoms with Crippen LogP contribution in [-0.4, -0.2) is 31.3 Å². The summed E-state index contributed by atoms with van der Waals surface area (Å²) in [5.74, 6) is 0. The Morgan fingerprint density at radius 1 is 1.33 bits per heavy atom. The maximum absolute atomic E-state index is 11.6. The summed E-state index contributed by atoms with van der Waals surface area (Å²) in [5.41, 5.74) is 2.99. The first-order valence-corrected chi connectivity index (χ1v) is 3.48. The molecular formula is C6H13FN2. The van der Waals surface area contributed by atoms with E-state index < -0.39 is 0 Å². The average molecular weight is 132 g/mol. The molecule has 0 spiro atoms. The highest BCUT2D eigenvalue weighted by molar-refractivity contribution is 4.60. The van der Waals surface area contributed by atoms with Gasteiger partial charge in [-0.3, -0.25) is 5.43 Å². The summed E-state index contributed by atoms with van der Waals surface area (Å²) < 4.78 is 11.6. The molecule has 0 radical (unpaired) electrons. The molecule has 0 atom stereocenters. The Kier molecular flexibility index (Phi) is 2.94. The highest BCUT2D eigenvalue weighted by Crippen LogP contribution is 2.02. The fourth-order valence-corrected chi connectivity index (χ4v) is 1.08. The van der Waals surface area contributed by atoms with Crippen molar-refractivity contribution in [1.82, 2.24) is 10.4 Å². The number of nitrogens with zero attached hydrogens (tertiary/aromatic N) is 1. The number of rotatable bonds is 3. The van der Waals surface area contributed by atoms with Crippen LogP contribution in [0.5, 0.6) is 0 Å². The zero-order valence-corrected chi connectivity index (χ0v) is 5.57. The first-order chi connectivity index (χ1) is 4.43. The van der Waals surface area contributed by atoms with Crippen molar-refractivity contribution in [3.63, 3.8) is 0 Å². The lowest BCUT2D eigenvalue weighted by Gasteiger charge is -2.14. The molecule has 2 nitrogen and oxygen atoms in total. The van der Waals surface area contributed by atoms with Crippen molar-refractivity contribution in [2.24, 2.45) is 0 Å². The smallest absolute Gasteiger partial charge is 0.103 e. The molecule has 1 aliphatic heterocycles. The highest BCUT2D eigenvalue weighted by atomic mass is 19.1. The minimum Gasteiger partial charge on any atom is -0.253 e. The molecule has 1 aliphatic rings. The summed E-state index contributed by atoms with van der Waals surface area (Å²) in [6.45, 7) is 2.37. The van der Waals surface area contributed by atoms with Gasteiger partial charge in [-0.15, -0.1) is 0 Å². The van der Waals surface area contributed by atoms with E-state index in [0.717, 1.165) is 13.1 Å². The fraction of sp³-hybridized carbons (Fsp3) is 1.00. The van der Waals surface area contributed by atoms with Crippen molar-refractivity contribution in [3.8, 4) is 0 Å². The summed E-state index contributed by atoms with van der Waals surface area (Å²) in [5, 5.41) is 2.08. The first-order valence-electron chi connectivity index (χ1n) is 3.48. The second-order valence-corrected chi connectivity index (χ2v) is 2.29. The molecule has 0 aromatic rings. The third kappa shape index (κ3) is 2.28. The molecule has 0 bridgehead atoms. The minimum atomic E-state index is -0.267. The van der Waals surface area contributed by atoms with Crippen molar-refractivity contribution < 1.29 is 4.39 Å². The maximum atomic E-state index is 11.6. The summed E-state index contributed by atoms with van der Waals surface area (Å²) in [6, 6.07) is 0. The Labute approximate surface area is 55.0 Å². The van der Waals surface area contributed by atoms with E-state index in [4.69, 9.17) is 0 Å². The van der Waals surface area contributed by atoms with E-state index in [0.29, 0.717) is 6.54 Å². The normalized spacial score (nSPS) is 21.0. The molecule has 1 N–H and O–H groups in total. The molecule has 3 heteroatoms. The zero-order valence-electron chi connectivity index (χ0n) is 5.57. The Morgan fingerprint density at radius 2 is 2.00 bits per heavy atom. The van der Waals surface area contributed by atoms with E-state index in [1.54, 1.807) is 0 Å². The molecule has 0 aromatic carbocycles. The second kappa shape index (κ2) is 3.80. The molecule has 1 rings (SSSR count). The largest absolute Gasteiger partial charge is 0.253 e. The molecule has 0 aliphatic carbocycles.